The van der Waals surface area contributed by atoms with Crippen molar-refractivity contribution >= 4 is 5.91 Å². The van der Waals surface area contributed by atoms with Crippen molar-refractivity contribution in [2.75, 3.05) is 20.3 Å². The highest BCUT2D eigenvalue weighted by Gasteiger charge is 2.18. The molecule has 14 heavy (non-hydrogen) atoms. The molecule has 1 amide bonds. The van der Waals surface area contributed by atoms with E-state index in [9.17, 15) is 4.79 Å². The number of ether oxygens (including phenoxy) is 1. The molecule has 0 saturated heterocycles. The number of nitrogens with one attached hydrogen (secondary N) is 1. The van der Waals surface area contributed by atoms with Crippen LogP contribution in [-0.4, -0.2) is 32.2 Å². The van der Waals surface area contributed by atoms with Gasteiger partial charge < -0.3 is 15.8 Å². The number of hydrogen-bond acceptors (Lipinski definition) is 3. The number of nitrogens with two attached hydrogens (primary N) is 1. The highest BCUT2D eigenvalue weighted by atomic mass is 16.5. The van der Waals surface area contributed by atoms with Crippen molar-refractivity contribution < 1.29 is 9.53 Å². The van der Waals surface area contributed by atoms with Crippen LogP contribution >= 0.6 is 0 Å². The van der Waals surface area contributed by atoms with E-state index in [1.54, 1.807) is 7.11 Å². The molecule has 0 rings (SSSR count). The quantitative estimate of drug-likeness (QED) is 0.591. The smallest absolute Gasteiger partial charge is 0.237 e. The molecule has 0 aromatic heterocycles. The van der Waals surface area contributed by atoms with Crippen LogP contribution in [0.5, 0.6) is 0 Å². The number of hydrogen-bond donors (Lipinski definition) is 2. The molecule has 0 spiro atoms. The molecule has 4 heteroatoms. The number of carbonyl (C=O) groups is 1. The van der Waals surface area contributed by atoms with Gasteiger partial charge >= 0.3 is 0 Å². The lowest BCUT2D eigenvalue weighted by Gasteiger charge is -2.17. The number of amides is 1. The van der Waals surface area contributed by atoms with Gasteiger partial charge in [0.2, 0.25) is 5.91 Å². The number of methoxy groups -OCH3 is 1. The molecule has 0 fully saturated rings. The van der Waals surface area contributed by atoms with Crippen molar-refractivity contribution in [3.63, 3.8) is 0 Å². The summed E-state index contributed by atoms with van der Waals surface area (Å²) in [6.07, 6.45) is 1.75. The third kappa shape index (κ3) is 5.19. The molecule has 0 aromatic rings. The van der Waals surface area contributed by atoms with E-state index in [2.05, 4.69) is 5.32 Å². The van der Waals surface area contributed by atoms with Crippen molar-refractivity contribution in [1.29, 1.82) is 0 Å². The first-order valence-electron chi connectivity index (χ1n) is 5.15. The van der Waals surface area contributed by atoms with Crippen LogP contribution in [0.1, 0.15) is 26.7 Å². The third-order valence-electron chi connectivity index (χ3n) is 2.38. The van der Waals surface area contributed by atoms with E-state index < -0.39 is 0 Å². The van der Waals surface area contributed by atoms with Gasteiger partial charge in [-0.25, -0.2) is 0 Å². The van der Waals surface area contributed by atoms with Crippen LogP contribution in [0.4, 0.5) is 0 Å². The Hall–Kier alpha value is -0.610. The summed E-state index contributed by atoms with van der Waals surface area (Å²) in [7, 11) is 1.65. The molecule has 0 radical (unpaired) electrons. The van der Waals surface area contributed by atoms with Gasteiger partial charge in [-0.05, 0) is 12.3 Å². The van der Waals surface area contributed by atoms with Crippen LogP contribution in [0, 0.1) is 5.92 Å². The maximum atomic E-state index is 11.4. The van der Waals surface area contributed by atoms with Crippen molar-refractivity contribution in [2.45, 2.75) is 32.7 Å². The minimum atomic E-state index is -0.387. The highest BCUT2D eigenvalue weighted by molar-refractivity contribution is 5.81. The van der Waals surface area contributed by atoms with Crippen LogP contribution in [0.3, 0.4) is 0 Å². The van der Waals surface area contributed by atoms with E-state index in [4.69, 9.17) is 10.5 Å². The highest BCUT2D eigenvalue weighted by Crippen LogP contribution is 2.04. The van der Waals surface area contributed by atoms with Gasteiger partial charge in [-0.15, -0.1) is 0 Å². The summed E-state index contributed by atoms with van der Waals surface area (Å²) in [4.78, 5) is 11.4. The van der Waals surface area contributed by atoms with Crippen LogP contribution in [0.25, 0.3) is 0 Å². The molecule has 0 heterocycles. The normalized spacial score (nSPS) is 14.9. The van der Waals surface area contributed by atoms with Crippen LogP contribution in [-0.2, 0) is 9.53 Å². The Labute approximate surface area is 86.2 Å². The summed E-state index contributed by atoms with van der Waals surface area (Å²) in [6.45, 7) is 5.32. The van der Waals surface area contributed by atoms with E-state index in [1.165, 1.54) is 0 Å². The number of carbonyl (C=O) groups excluding carboxylic acids is 1. The first-order chi connectivity index (χ1) is 6.63. The van der Waals surface area contributed by atoms with Crippen LogP contribution < -0.4 is 11.1 Å². The molecule has 0 aliphatic carbocycles. The monoisotopic (exact) mass is 202 g/mol. The van der Waals surface area contributed by atoms with Gasteiger partial charge in [0.05, 0.1) is 6.04 Å². The predicted molar refractivity (Wildman–Crippen MR) is 56.9 cm³/mol. The Morgan fingerprint density at radius 2 is 2.21 bits per heavy atom. The molecule has 0 aliphatic heterocycles. The largest absolute Gasteiger partial charge is 0.385 e. The van der Waals surface area contributed by atoms with Gasteiger partial charge in [0.15, 0.2) is 0 Å². The Morgan fingerprint density at radius 3 is 2.71 bits per heavy atom. The van der Waals surface area contributed by atoms with Gasteiger partial charge in [-0.2, -0.15) is 0 Å². The van der Waals surface area contributed by atoms with Crippen LogP contribution in [0.2, 0.25) is 0 Å². The minimum Gasteiger partial charge on any atom is -0.385 e. The van der Waals surface area contributed by atoms with Gasteiger partial charge in [0, 0.05) is 20.3 Å². The summed E-state index contributed by atoms with van der Waals surface area (Å²) in [5.41, 5.74) is 5.74. The zero-order valence-electron chi connectivity index (χ0n) is 9.38. The molecule has 0 saturated carbocycles. The maximum Gasteiger partial charge on any atom is 0.237 e. The van der Waals surface area contributed by atoms with Crippen molar-refractivity contribution in [3.8, 4) is 0 Å². The molecule has 4 nitrogen and oxygen atoms in total. The molecule has 0 unspecified atom stereocenters. The molecule has 0 aliphatic rings. The first kappa shape index (κ1) is 13.4. The summed E-state index contributed by atoms with van der Waals surface area (Å²) >= 11 is 0. The fourth-order valence-electron chi connectivity index (χ4n) is 1.06. The second kappa shape index (κ2) is 7.76. The van der Waals surface area contributed by atoms with Gasteiger partial charge in [0.1, 0.15) is 0 Å². The topological polar surface area (TPSA) is 64.4 Å². The van der Waals surface area contributed by atoms with Gasteiger partial charge in [0.25, 0.3) is 0 Å². The lowest BCUT2D eigenvalue weighted by atomic mass is 9.99. The fourth-order valence-corrected chi connectivity index (χ4v) is 1.06. The molecule has 0 bridgehead atoms. The summed E-state index contributed by atoms with van der Waals surface area (Å²) in [5, 5.41) is 2.79. The average Bonchev–Trinajstić information content (AvgIpc) is 2.21. The van der Waals surface area contributed by atoms with E-state index in [-0.39, 0.29) is 17.9 Å². The maximum absolute atomic E-state index is 11.4. The van der Waals surface area contributed by atoms with Crippen molar-refractivity contribution in [3.05, 3.63) is 0 Å². The predicted octanol–water partition coefficient (Wildman–Crippen LogP) is 0.513. The van der Waals surface area contributed by atoms with Crippen molar-refractivity contribution in [1.82, 2.24) is 5.32 Å². The van der Waals surface area contributed by atoms with E-state index >= 15 is 0 Å². The molecular formula is C10H22N2O2. The standard InChI is InChI=1S/C10H22N2O2/c1-4-8(2)9(11)10(13)12-6-5-7-14-3/h8-9H,4-7,11H2,1-3H3,(H,12,13)/t8-,9-/m1/s1. The van der Waals surface area contributed by atoms with E-state index in [0.717, 1.165) is 12.8 Å². The van der Waals surface area contributed by atoms with E-state index in [0.29, 0.717) is 13.2 Å². The minimum absolute atomic E-state index is 0.0598. The fraction of sp³-hybridized carbons (Fsp3) is 0.900. The average molecular weight is 202 g/mol. The lowest BCUT2D eigenvalue weighted by molar-refractivity contribution is -0.123. The summed E-state index contributed by atoms with van der Waals surface area (Å²) in [5.74, 6) is 0.174. The first-order valence-corrected chi connectivity index (χ1v) is 5.15. The Balaban J connectivity index is 3.62. The Kier molecular flexibility index (Phi) is 7.42. The molecule has 3 N–H and O–H groups in total. The number of rotatable bonds is 7. The van der Waals surface area contributed by atoms with Gasteiger partial charge in [-0.1, -0.05) is 20.3 Å². The Morgan fingerprint density at radius 1 is 1.57 bits per heavy atom. The molecule has 0 aromatic carbocycles. The van der Waals surface area contributed by atoms with E-state index in [1.807, 2.05) is 13.8 Å². The van der Waals surface area contributed by atoms with Crippen molar-refractivity contribution in [2.24, 2.45) is 11.7 Å². The summed E-state index contributed by atoms with van der Waals surface area (Å²) in [6, 6.07) is -0.387. The third-order valence-corrected chi connectivity index (χ3v) is 2.38. The zero-order chi connectivity index (χ0) is 11.0. The second-order valence-corrected chi connectivity index (χ2v) is 3.55. The molecule has 84 valence electrons. The van der Waals surface area contributed by atoms with Crippen LogP contribution in [0.15, 0.2) is 0 Å². The Bertz CT molecular complexity index is 162. The molecule has 2 atom stereocenters. The zero-order valence-corrected chi connectivity index (χ0v) is 9.38. The molecular weight excluding hydrogens is 180 g/mol. The summed E-state index contributed by atoms with van der Waals surface area (Å²) < 4.78 is 4.87. The van der Waals surface area contributed by atoms with Gasteiger partial charge in [-0.3, -0.25) is 4.79 Å². The lowest BCUT2D eigenvalue weighted by Crippen LogP contribution is -2.44. The second-order valence-electron chi connectivity index (χ2n) is 3.55. The SMILES string of the molecule is CC[C@@H](C)[C@@H](N)C(=O)NCCCOC.